The van der Waals surface area contributed by atoms with Crippen LogP contribution < -0.4 is 4.90 Å². The number of halogens is 1. The van der Waals surface area contributed by atoms with Gasteiger partial charge in [0.2, 0.25) is 0 Å². The summed E-state index contributed by atoms with van der Waals surface area (Å²) in [7, 11) is 2.10. The summed E-state index contributed by atoms with van der Waals surface area (Å²) < 4.78 is 18.7. The number of carbonyl (C=O) groups is 1. The van der Waals surface area contributed by atoms with Crippen LogP contribution >= 0.6 is 0 Å². The Balaban J connectivity index is 1.98. The second-order valence-corrected chi connectivity index (χ2v) is 6.06. The van der Waals surface area contributed by atoms with Gasteiger partial charge in [-0.15, -0.1) is 0 Å². The molecule has 128 valence electrons. The monoisotopic (exact) mass is 331 g/mol. The quantitative estimate of drug-likeness (QED) is 0.804. The minimum Gasteiger partial charge on any atom is -0.466 e. The van der Waals surface area contributed by atoms with Gasteiger partial charge in [-0.1, -0.05) is 6.07 Å². The van der Waals surface area contributed by atoms with Crippen LogP contribution in [-0.4, -0.2) is 55.7 Å². The van der Waals surface area contributed by atoms with Crippen LogP contribution in [0.15, 0.2) is 24.3 Å². The molecule has 1 fully saturated rings. The van der Waals surface area contributed by atoms with Crippen molar-refractivity contribution in [2.45, 2.75) is 13.3 Å². The smallest absolute Gasteiger partial charge is 0.311 e. The molecule has 1 aromatic carbocycles. The van der Waals surface area contributed by atoms with Gasteiger partial charge in [0.05, 0.1) is 18.7 Å². The highest BCUT2D eigenvalue weighted by Gasteiger charge is 2.18. The topological polar surface area (TPSA) is 45.7 Å². The number of likely N-dealkylation sites (N-methyl/N-ethyl adjacent to an activating group) is 1. The molecular formula is C18H22FN3O2. The number of benzene rings is 1. The van der Waals surface area contributed by atoms with Crippen molar-refractivity contribution < 1.29 is 13.9 Å². The largest absolute Gasteiger partial charge is 0.466 e. The Hall–Kier alpha value is -2.21. The zero-order valence-electron chi connectivity index (χ0n) is 14.1. The lowest BCUT2D eigenvalue weighted by atomic mass is 10.1. The molecule has 2 heterocycles. The standard InChI is InChI=1S/C18H22FN3O2/c1-3-24-18(23)12-16-15-11-14(19)5-4-13(15)10-17(20-16)22-8-6-21(2)7-9-22/h4-5,10-11H,3,6-9,12H2,1-2H3. The molecule has 1 aliphatic heterocycles. The van der Waals surface area contributed by atoms with Gasteiger partial charge in [-0.25, -0.2) is 9.37 Å². The van der Waals surface area contributed by atoms with E-state index in [0.29, 0.717) is 17.7 Å². The number of nitrogens with zero attached hydrogens (tertiary/aromatic N) is 3. The van der Waals surface area contributed by atoms with E-state index in [1.807, 2.05) is 6.07 Å². The summed E-state index contributed by atoms with van der Waals surface area (Å²) in [6.45, 7) is 5.80. The Morgan fingerprint density at radius 3 is 2.71 bits per heavy atom. The summed E-state index contributed by atoms with van der Waals surface area (Å²) in [5, 5.41) is 1.56. The molecule has 0 saturated carbocycles. The second kappa shape index (κ2) is 7.13. The third-order valence-corrected chi connectivity index (χ3v) is 4.30. The Morgan fingerprint density at radius 1 is 1.25 bits per heavy atom. The zero-order chi connectivity index (χ0) is 17.1. The molecule has 0 unspecified atom stereocenters. The van der Waals surface area contributed by atoms with E-state index < -0.39 is 0 Å². The van der Waals surface area contributed by atoms with Crippen molar-refractivity contribution in [2.75, 3.05) is 44.7 Å². The number of hydrogen-bond donors (Lipinski definition) is 0. The summed E-state index contributed by atoms with van der Waals surface area (Å²) in [5.41, 5.74) is 0.569. The molecule has 0 aliphatic carbocycles. The number of hydrogen-bond acceptors (Lipinski definition) is 5. The molecule has 2 aromatic rings. The van der Waals surface area contributed by atoms with Crippen LogP contribution in [0.5, 0.6) is 0 Å². The maximum Gasteiger partial charge on any atom is 0.311 e. The van der Waals surface area contributed by atoms with Crippen LogP contribution in [0.3, 0.4) is 0 Å². The van der Waals surface area contributed by atoms with E-state index in [4.69, 9.17) is 4.74 Å². The summed E-state index contributed by atoms with van der Waals surface area (Å²) in [6, 6.07) is 6.57. The molecule has 0 spiro atoms. The highest BCUT2D eigenvalue weighted by molar-refractivity contribution is 5.89. The fourth-order valence-electron chi connectivity index (χ4n) is 2.96. The number of carbonyl (C=O) groups excluding carboxylic acids is 1. The van der Waals surface area contributed by atoms with E-state index in [1.54, 1.807) is 13.0 Å². The van der Waals surface area contributed by atoms with Gasteiger partial charge in [0.15, 0.2) is 0 Å². The highest BCUT2D eigenvalue weighted by Crippen LogP contribution is 2.25. The van der Waals surface area contributed by atoms with Gasteiger partial charge in [0, 0.05) is 31.6 Å². The van der Waals surface area contributed by atoms with Crippen molar-refractivity contribution in [1.29, 1.82) is 0 Å². The maximum atomic E-state index is 13.6. The van der Waals surface area contributed by atoms with Crippen LogP contribution in [0, 0.1) is 5.82 Å². The third kappa shape index (κ3) is 3.64. The minimum absolute atomic E-state index is 0.0510. The Morgan fingerprint density at radius 2 is 2.00 bits per heavy atom. The summed E-state index contributed by atoms with van der Waals surface area (Å²) >= 11 is 0. The summed E-state index contributed by atoms with van der Waals surface area (Å²) in [5.74, 6) is 0.161. The van der Waals surface area contributed by atoms with Crippen molar-refractivity contribution in [3.05, 3.63) is 35.8 Å². The predicted octanol–water partition coefficient (Wildman–Crippen LogP) is 2.23. The molecule has 0 radical (unpaired) electrons. The van der Waals surface area contributed by atoms with E-state index in [9.17, 15) is 9.18 Å². The number of aromatic nitrogens is 1. The highest BCUT2D eigenvalue weighted by atomic mass is 19.1. The predicted molar refractivity (Wildman–Crippen MR) is 91.7 cm³/mol. The van der Waals surface area contributed by atoms with Crippen molar-refractivity contribution in [3.8, 4) is 0 Å². The molecule has 1 aliphatic rings. The average Bonchev–Trinajstić information content (AvgIpc) is 2.56. The first kappa shape index (κ1) is 16.6. The molecule has 5 nitrogen and oxygen atoms in total. The van der Waals surface area contributed by atoms with Crippen molar-refractivity contribution >= 4 is 22.6 Å². The molecular weight excluding hydrogens is 309 g/mol. The van der Waals surface area contributed by atoms with Gasteiger partial charge >= 0.3 is 5.97 Å². The minimum atomic E-state index is -0.342. The molecule has 3 rings (SSSR count). The van der Waals surface area contributed by atoms with E-state index in [-0.39, 0.29) is 18.2 Å². The number of pyridine rings is 1. The van der Waals surface area contributed by atoms with Crippen LogP contribution in [-0.2, 0) is 16.0 Å². The molecule has 0 atom stereocenters. The van der Waals surface area contributed by atoms with Gasteiger partial charge in [-0.2, -0.15) is 0 Å². The lowest BCUT2D eigenvalue weighted by molar-refractivity contribution is -0.142. The molecule has 0 amide bonds. The third-order valence-electron chi connectivity index (χ3n) is 4.30. The average molecular weight is 331 g/mol. The van der Waals surface area contributed by atoms with Crippen molar-refractivity contribution in [3.63, 3.8) is 0 Å². The maximum absolute atomic E-state index is 13.6. The van der Waals surface area contributed by atoms with E-state index >= 15 is 0 Å². The molecule has 1 saturated heterocycles. The number of rotatable bonds is 4. The lowest BCUT2D eigenvalue weighted by Gasteiger charge is -2.33. The molecule has 24 heavy (non-hydrogen) atoms. The van der Waals surface area contributed by atoms with Crippen LogP contribution in [0.4, 0.5) is 10.2 Å². The van der Waals surface area contributed by atoms with Gasteiger partial charge < -0.3 is 14.5 Å². The lowest BCUT2D eigenvalue weighted by Crippen LogP contribution is -2.44. The SMILES string of the molecule is CCOC(=O)Cc1nc(N2CCN(C)CC2)cc2ccc(F)cc12. The van der Waals surface area contributed by atoms with E-state index in [0.717, 1.165) is 37.4 Å². The fraction of sp³-hybridized carbons (Fsp3) is 0.444. The number of fused-ring (bicyclic) bond motifs is 1. The first-order valence-electron chi connectivity index (χ1n) is 8.25. The van der Waals surface area contributed by atoms with Crippen molar-refractivity contribution in [2.24, 2.45) is 0 Å². The second-order valence-electron chi connectivity index (χ2n) is 6.06. The molecule has 0 bridgehead atoms. The van der Waals surface area contributed by atoms with E-state index in [2.05, 4.69) is 21.8 Å². The van der Waals surface area contributed by atoms with E-state index in [1.165, 1.54) is 12.1 Å². The Labute approximate surface area is 141 Å². The summed E-state index contributed by atoms with van der Waals surface area (Å²) in [4.78, 5) is 21.0. The van der Waals surface area contributed by atoms with Crippen molar-refractivity contribution in [1.82, 2.24) is 9.88 Å². The summed E-state index contributed by atoms with van der Waals surface area (Å²) in [6.07, 6.45) is 0.0510. The van der Waals surface area contributed by atoms with Crippen LogP contribution in [0.25, 0.3) is 10.8 Å². The Kier molecular flexibility index (Phi) is 4.94. The normalized spacial score (nSPS) is 15.7. The number of anilines is 1. The number of ether oxygens (including phenoxy) is 1. The zero-order valence-corrected chi connectivity index (χ0v) is 14.1. The van der Waals surface area contributed by atoms with Gasteiger partial charge in [0.1, 0.15) is 11.6 Å². The first-order chi connectivity index (χ1) is 11.6. The van der Waals surface area contributed by atoms with Gasteiger partial charge in [-0.3, -0.25) is 4.79 Å². The van der Waals surface area contributed by atoms with Crippen LogP contribution in [0.1, 0.15) is 12.6 Å². The fourth-order valence-corrected chi connectivity index (χ4v) is 2.96. The van der Waals surface area contributed by atoms with Gasteiger partial charge in [0.25, 0.3) is 0 Å². The Bertz CT molecular complexity index is 742. The first-order valence-corrected chi connectivity index (χ1v) is 8.25. The van der Waals surface area contributed by atoms with Gasteiger partial charge in [-0.05, 0) is 37.6 Å². The molecule has 0 N–H and O–H groups in total. The molecule has 1 aromatic heterocycles. The number of piperazine rings is 1. The molecule has 6 heteroatoms. The van der Waals surface area contributed by atoms with Crippen LogP contribution in [0.2, 0.25) is 0 Å². The number of esters is 1.